The number of halogens is 2. The molecule has 0 heterocycles. The smallest absolute Gasteiger partial charge is 0.0446 e. The van der Waals surface area contributed by atoms with Crippen LogP contribution in [0.1, 0.15) is 5.56 Å². The van der Waals surface area contributed by atoms with Gasteiger partial charge in [-0.05, 0) is 35.9 Å². The first-order valence-corrected chi connectivity index (χ1v) is 8.39. The molecule has 0 fully saturated rings. The van der Waals surface area contributed by atoms with E-state index in [0.29, 0.717) is 0 Å². The first kappa shape index (κ1) is 14.8. The normalized spacial score (nSPS) is 10.4. The van der Waals surface area contributed by atoms with E-state index in [4.69, 9.17) is 11.6 Å². The van der Waals surface area contributed by atoms with E-state index < -0.39 is 0 Å². The minimum atomic E-state index is 0.857. The third-order valence-corrected chi connectivity index (χ3v) is 4.54. The van der Waals surface area contributed by atoms with Gasteiger partial charge in [0.25, 0.3) is 0 Å². The summed E-state index contributed by atoms with van der Waals surface area (Å²) in [6.45, 7) is 0.955. The number of hydrogen-bond acceptors (Lipinski definition) is 2. The molecule has 2 aromatic carbocycles. The lowest BCUT2D eigenvalue weighted by atomic mass is 10.2. The molecule has 0 spiro atoms. The van der Waals surface area contributed by atoms with Crippen LogP contribution in [0.25, 0.3) is 0 Å². The van der Waals surface area contributed by atoms with Crippen molar-refractivity contribution >= 4 is 45.0 Å². The average Bonchev–Trinajstić information content (AvgIpc) is 2.42. The van der Waals surface area contributed by atoms with Gasteiger partial charge in [-0.25, -0.2) is 0 Å². The second-order valence-electron chi connectivity index (χ2n) is 4.08. The molecule has 0 atom stereocenters. The lowest BCUT2D eigenvalue weighted by Crippen LogP contribution is -2.03. The third kappa shape index (κ3) is 5.09. The molecule has 1 nitrogen and oxygen atoms in total. The molecule has 0 aliphatic carbocycles. The first-order chi connectivity index (χ1) is 9.25. The van der Waals surface area contributed by atoms with Gasteiger partial charge in [-0.1, -0.05) is 45.7 Å². The predicted octanol–water partition coefficient (Wildman–Crippen LogP) is 5.45. The summed E-state index contributed by atoms with van der Waals surface area (Å²) in [5, 5.41) is 4.26. The molecular formula is C15H15BrClNS. The van der Waals surface area contributed by atoms with Gasteiger partial charge in [0.05, 0.1) is 0 Å². The van der Waals surface area contributed by atoms with Crippen molar-refractivity contribution in [1.29, 1.82) is 0 Å². The number of nitrogens with one attached hydrogen (secondary N) is 1. The van der Waals surface area contributed by atoms with E-state index in [1.165, 1.54) is 5.56 Å². The highest BCUT2D eigenvalue weighted by molar-refractivity contribution is 9.10. The predicted molar refractivity (Wildman–Crippen MR) is 90.2 cm³/mol. The van der Waals surface area contributed by atoms with Crippen LogP contribution in [-0.2, 0) is 5.75 Å². The number of rotatable bonds is 6. The molecule has 2 aromatic rings. The van der Waals surface area contributed by atoms with Gasteiger partial charge in [-0.2, -0.15) is 11.8 Å². The molecular weight excluding hydrogens is 342 g/mol. The maximum absolute atomic E-state index is 6.11. The Labute approximate surface area is 131 Å². The number of benzene rings is 2. The van der Waals surface area contributed by atoms with Crippen molar-refractivity contribution < 1.29 is 0 Å². The Kier molecular flexibility index (Phi) is 6.08. The summed E-state index contributed by atoms with van der Waals surface area (Å²) in [6, 6.07) is 16.2. The van der Waals surface area contributed by atoms with E-state index in [2.05, 4.69) is 39.4 Å². The van der Waals surface area contributed by atoms with Crippen LogP contribution in [0.2, 0.25) is 5.02 Å². The molecule has 0 amide bonds. The summed E-state index contributed by atoms with van der Waals surface area (Å²) >= 11 is 11.4. The van der Waals surface area contributed by atoms with Crippen LogP contribution in [0, 0.1) is 0 Å². The van der Waals surface area contributed by atoms with Crippen LogP contribution in [0.15, 0.2) is 53.0 Å². The fraction of sp³-hybridized carbons (Fsp3) is 0.200. The lowest BCUT2D eigenvalue weighted by molar-refractivity contribution is 1.22. The molecule has 1 N–H and O–H groups in total. The van der Waals surface area contributed by atoms with Gasteiger partial charge in [0.1, 0.15) is 0 Å². The highest BCUT2D eigenvalue weighted by Gasteiger charge is 1.98. The fourth-order valence-corrected chi connectivity index (χ4v) is 3.04. The van der Waals surface area contributed by atoms with Crippen molar-refractivity contribution in [2.45, 2.75) is 5.75 Å². The van der Waals surface area contributed by atoms with E-state index in [9.17, 15) is 0 Å². The first-order valence-electron chi connectivity index (χ1n) is 6.06. The molecule has 2 rings (SSSR count). The van der Waals surface area contributed by atoms with Gasteiger partial charge >= 0.3 is 0 Å². The molecule has 0 radical (unpaired) electrons. The molecule has 0 aliphatic heterocycles. The molecule has 100 valence electrons. The molecule has 0 aromatic heterocycles. The van der Waals surface area contributed by atoms with Crippen molar-refractivity contribution in [3.63, 3.8) is 0 Å². The van der Waals surface area contributed by atoms with E-state index in [-0.39, 0.29) is 0 Å². The van der Waals surface area contributed by atoms with E-state index in [0.717, 1.165) is 33.2 Å². The Hall–Kier alpha value is -0.640. The SMILES string of the molecule is Clc1ccccc1CSCCNc1ccc(Br)cc1. The zero-order valence-electron chi connectivity index (χ0n) is 10.4. The Morgan fingerprint density at radius 1 is 1.05 bits per heavy atom. The van der Waals surface area contributed by atoms with Crippen molar-refractivity contribution in [2.75, 3.05) is 17.6 Å². The van der Waals surface area contributed by atoms with Crippen LogP contribution in [0.4, 0.5) is 5.69 Å². The minimum Gasteiger partial charge on any atom is -0.384 e. The van der Waals surface area contributed by atoms with Crippen LogP contribution in [-0.4, -0.2) is 12.3 Å². The standard InChI is InChI=1S/C15H15BrClNS/c16-13-5-7-14(8-6-13)18-9-10-19-11-12-3-1-2-4-15(12)17/h1-8,18H,9-11H2. The Morgan fingerprint density at radius 2 is 1.79 bits per heavy atom. The van der Waals surface area contributed by atoms with Gasteiger partial charge in [0.2, 0.25) is 0 Å². The second kappa shape index (κ2) is 7.83. The molecule has 19 heavy (non-hydrogen) atoms. The summed E-state index contributed by atoms with van der Waals surface area (Å²) in [4.78, 5) is 0. The number of hydrogen-bond donors (Lipinski definition) is 1. The summed E-state index contributed by atoms with van der Waals surface area (Å²) in [5.41, 5.74) is 2.36. The summed E-state index contributed by atoms with van der Waals surface area (Å²) in [6.07, 6.45) is 0. The molecule has 0 saturated heterocycles. The number of thioether (sulfide) groups is 1. The highest BCUT2D eigenvalue weighted by atomic mass is 79.9. The van der Waals surface area contributed by atoms with Gasteiger partial charge < -0.3 is 5.32 Å². The van der Waals surface area contributed by atoms with Crippen LogP contribution in [0.5, 0.6) is 0 Å². The molecule has 0 unspecified atom stereocenters. The van der Waals surface area contributed by atoms with E-state index in [1.54, 1.807) is 0 Å². The van der Waals surface area contributed by atoms with Gasteiger partial charge in [0, 0.05) is 33.2 Å². The molecule has 0 aliphatic rings. The van der Waals surface area contributed by atoms with Gasteiger partial charge in [-0.3, -0.25) is 0 Å². The highest BCUT2D eigenvalue weighted by Crippen LogP contribution is 2.20. The second-order valence-corrected chi connectivity index (χ2v) is 6.51. The Morgan fingerprint density at radius 3 is 2.53 bits per heavy atom. The summed E-state index contributed by atoms with van der Waals surface area (Å²) in [7, 11) is 0. The maximum Gasteiger partial charge on any atom is 0.0446 e. The zero-order valence-corrected chi connectivity index (χ0v) is 13.6. The topological polar surface area (TPSA) is 12.0 Å². The Balaban J connectivity index is 1.67. The maximum atomic E-state index is 6.11. The van der Waals surface area contributed by atoms with Crippen LogP contribution < -0.4 is 5.32 Å². The van der Waals surface area contributed by atoms with Crippen LogP contribution >= 0.6 is 39.3 Å². The number of anilines is 1. The molecule has 4 heteroatoms. The lowest BCUT2D eigenvalue weighted by Gasteiger charge is -2.07. The van der Waals surface area contributed by atoms with Gasteiger partial charge in [-0.15, -0.1) is 0 Å². The quantitative estimate of drug-likeness (QED) is 0.691. The summed E-state index contributed by atoms with van der Waals surface area (Å²) in [5.74, 6) is 2.02. The van der Waals surface area contributed by atoms with Gasteiger partial charge in [0.15, 0.2) is 0 Å². The fourth-order valence-electron chi connectivity index (χ4n) is 1.63. The third-order valence-electron chi connectivity index (χ3n) is 2.64. The minimum absolute atomic E-state index is 0.857. The zero-order chi connectivity index (χ0) is 13.5. The van der Waals surface area contributed by atoms with Crippen molar-refractivity contribution in [3.05, 3.63) is 63.6 Å². The van der Waals surface area contributed by atoms with E-state index in [1.807, 2.05) is 42.1 Å². The Bertz CT molecular complexity index is 516. The van der Waals surface area contributed by atoms with Crippen molar-refractivity contribution in [2.24, 2.45) is 0 Å². The van der Waals surface area contributed by atoms with E-state index >= 15 is 0 Å². The van der Waals surface area contributed by atoms with Crippen molar-refractivity contribution in [1.82, 2.24) is 0 Å². The summed E-state index contributed by atoms with van der Waals surface area (Å²) < 4.78 is 1.10. The average molecular weight is 357 g/mol. The molecule has 0 saturated carbocycles. The largest absolute Gasteiger partial charge is 0.384 e. The monoisotopic (exact) mass is 355 g/mol. The molecule has 0 bridgehead atoms. The van der Waals surface area contributed by atoms with Crippen LogP contribution in [0.3, 0.4) is 0 Å². The van der Waals surface area contributed by atoms with Crippen molar-refractivity contribution in [3.8, 4) is 0 Å².